The van der Waals surface area contributed by atoms with Gasteiger partial charge in [0.2, 0.25) is 0 Å². The normalized spacial score (nSPS) is 9.25. The largest absolute Gasteiger partial charge is 0.456 e. The van der Waals surface area contributed by atoms with E-state index in [1.165, 1.54) is 0 Å². The van der Waals surface area contributed by atoms with E-state index in [1.54, 1.807) is 6.92 Å². The number of rotatable bonds is 1. The van der Waals surface area contributed by atoms with Gasteiger partial charge in [-0.1, -0.05) is 29.1 Å². The Balaban J connectivity index is 3.01. The SMILES string of the molecule is CCOC(=O)C#Cc1c(Cl)cc(F)cc1Cl. The van der Waals surface area contributed by atoms with E-state index in [9.17, 15) is 9.18 Å². The molecule has 0 fully saturated rings. The highest BCUT2D eigenvalue weighted by atomic mass is 35.5. The molecule has 0 aliphatic carbocycles. The molecule has 2 nitrogen and oxygen atoms in total. The highest BCUT2D eigenvalue weighted by molar-refractivity contribution is 6.36. The van der Waals surface area contributed by atoms with Crippen LogP contribution >= 0.6 is 23.2 Å². The van der Waals surface area contributed by atoms with E-state index in [2.05, 4.69) is 16.6 Å². The average molecular weight is 261 g/mol. The monoisotopic (exact) mass is 260 g/mol. The summed E-state index contributed by atoms with van der Waals surface area (Å²) in [5, 5.41) is 0.114. The van der Waals surface area contributed by atoms with Gasteiger partial charge in [0.15, 0.2) is 0 Å². The summed E-state index contributed by atoms with van der Waals surface area (Å²) in [7, 11) is 0. The van der Waals surface area contributed by atoms with Crippen LogP contribution in [0.5, 0.6) is 0 Å². The number of halogens is 3. The van der Waals surface area contributed by atoms with E-state index in [4.69, 9.17) is 23.2 Å². The molecular formula is C11H7Cl2FO2. The van der Waals surface area contributed by atoms with Crippen LogP contribution in [0.3, 0.4) is 0 Å². The third kappa shape index (κ3) is 3.41. The number of carbonyl (C=O) groups is 1. The lowest BCUT2D eigenvalue weighted by molar-refractivity contribution is -0.136. The molecule has 84 valence electrons. The van der Waals surface area contributed by atoms with Crippen LogP contribution in [-0.4, -0.2) is 12.6 Å². The first-order valence-electron chi connectivity index (χ1n) is 4.38. The average Bonchev–Trinajstić information content (AvgIpc) is 2.16. The summed E-state index contributed by atoms with van der Waals surface area (Å²) in [6.07, 6.45) is 0. The Morgan fingerprint density at radius 2 is 2.00 bits per heavy atom. The van der Waals surface area contributed by atoms with Gasteiger partial charge in [0.1, 0.15) is 5.82 Å². The van der Waals surface area contributed by atoms with E-state index < -0.39 is 11.8 Å². The minimum atomic E-state index is -0.682. The molecule has 0 aromatic heterocycles. The van der Waals surface area contributed by atoms with Crippen LogP contribution in [0.1, 0.15) is 12.5 Å². The molecular weight excluding hydrogens is 254 g/mol. The Morgan fingerprint density at radius 3 is 2.50 bits per heavy atom. The maximum Gasteiger partial charge on any atom is 0.384 e. The first-order chi connectivity index (χ1) is 7.54. The molecule has 5 heteroatoms. The Bertz CT molecular complexity index is 452. The van der Waals surface area contributed by atoms with Crippen molar-refractivity contribution < 1.29 is 13.9 Å². The summed E-state index contributed by atoms with van der Waals surface area (Å²) in [5.41, 5.74) is 0.206. The van der Waals surface area contributed by atoms with Gasteiger partial charge in [-0.15, -0.1) is 0 Å². The number of hydrogen-bond donors (Lipinski definition) is 0. The second-order valence-corrected chi connectivity index (χ2v) is 3.53. The van der Waals surface area contributed by atoms with Gasteiger partial charge in [-0.3, -0.25) is 0 Å². The van der Waals surface area contributed by atoms with Crippen LogP contribution in [0.15, 0.2) is 12.1 Å². The Kier molecular flexibility index (Phi) is 4.60. The molecule has 1 aromatic rings. The number of carbonyl (C=O) groups excluding carboxylic acids is 1. The van der Waals surface area contributed by atoms with Crippen molar-refractivity contribution in [1.29, 1.82) is 0 Å². The van der Waals surface area contributed by atoms with Crippen LogP contribution in [0.25, 0.3) is 0 Å². The smallest absolute Gasteiger partial charge is 0.384 e. The summed E-state index contributed by atoms with van der Waals surface area (Å²) >= 11 is 11.4. The molecule has 0 atom stereocenters. The predicted octanol–water partition coefficient (Wildman–Crippen LogP) is 3.05. The van der Waals surface area contributed by atoms with E-state index in [0.717, 1.165) is 12.1 Å². The Labute approximate surface area is 102 Å². The van der Waals surface area contributed by atoms with Crippen molar-refractivity contribution in [3.05, 3.63) is 33.6 Å². The summed E-state index contributed by atoms with van der Waals surface area (Å²) < 4.78 is 17.4. The zero-order valence-corrected chi connectivity index (χ0v) is 9.82. The quantitative estimate of drug-likeness (QED) is 0.573. The van der Waals surface area contributed by atoms with Crippen molar-refractivity contribution in [3.8, 4) is 11.8 Å². The molecule has 0 spiro atoms. The molecule has 0 bridgehead atoms. The fourth-order valence-corrected chi connectivity index (χ4v) is 1.50. The van der Waals surface area contributed by atoms with Gasteiger partial charge in [-0.25, -0.2) is 9.18 Å². The number of esters is 1. The number of ether oxygens (including phenoxy) is 1. The van der Waals surface area contributed by atoms with Gasteiger partial charge < -0.3 is 4.74 Å². The van der Waals surface area contributed by atoms with Gasteiger partial charge in [0, 0.05) is 5.92 Å². The van der Waals surface area contributed by atoms with Crippen molar-refractivity contribution >= 4 is 29.2 Å². The summed E-state index contributed by atoms with van der Waals surface area (Å²) in [6, 6.07) is 2.14. The predicted molar refractivity (Wildman–Crippen MR) is 59.9 cm³/mol. The molecule has 1 rings (SSSR count). The fraction of sp³-hybridized carbons (Fsp3) is 0.182. The Morgan fingerprint density at radius 1 is 1.44 bits per heavy atom. The summed E-state index contributed by atoms with van der Waals surface area (Å²) in [6.45, 7) is 1.90. The maximum absolute atomic E-state index is 12.8. The molecule has 0 saturated carbocycles. The maximum atomic E-state index is 12.8. The van der Waals surface area contributed by atoms with E-state index in [0.29, 0.717) is 0 Å². The van der Waals surface area contributed by atoms with Crippen LogP contribution in [0.4, 0.5) is 4.39 Å². The van der Waals surface area contributed by atoms with Gasteiger partial charge >= 0.3 is 5.97 Å². The van der Waals surface area contributed by atoms with Crippen molar-refractivity contribution in [2.75, 3.05) is 6.61 Å². The number of hydrogen-bond acceptors (Lipinski definition) is 2. The van der Waals surface area contributed by atoms with E-state index in [-0.39, 0.29) is 22.2 Å². The van der Waals surface area contributed by atoms with E-state index in [1.807, 2.05) is 0 Å². The molecule has 1 aromatic carbocycles. The van der Waals surface area contributed by atoms with Crippen LogP contribution in [0.2, 0.25) is 10.0 Å². The van der Waals surface area contributed by atoms with Crippen molar-refractivity contribution in [1.82, 2.24) is 0 Å². The van der Waals surface area contributed by atoms with Crippen LogP contribution < -0.4 is 0 Å². The molecule has 0 aliphatic heterocycles. The first-order valence-corrected chi connectivity index (χ1v) is 5.13. The molecule has 0 unspecified atom stereocenters. The fourth-order valence-electron chi connectivity index (χ4n) is 0.942. The van der Waals surface area contributed by atoms with Crippen molar-refractivity contribution in [2.45, 2.75) is 6.92 Å². The lowest BCUT2D eigenvalue weighted by Gasteiger charge is -1.99. The lowest BCUT2D eigenvalue weighted by Crippen LogP contribution is -1.99. The molecule has 0 N–H and O–H groups in total. The van der Waals surface area contributed by atoms with Crippen LogP contribution in [0, 0.1) is 17.7 Å². The van der Waals surface area contributed by atoms with Gasteiger partial charge in [-0.05, 0) is 19.1 Å². The molecule has 16 heavy (non-hydrogen) atoms. The van der Waals surface area contributed by atoms with Crippen molar-refractivity contribution in [2.24, 2.45) is 0 Å². The van der Waals surface area contributed by atoms with E-state index >= 15 is 0 Å². The molecule has 0 amide bonds. The van der Waals surface area contributed by atoms with Gasteiger partial charge in [0.25, 0.3) is 0 Å². The van der Waals surface area contributed by atoms with Crippen molar-refractivity contribution in [3.63, 3.8) is 0 Å². The topological polar surface area (TPSA) is 26.3 Å². The highest BCUT2D eigenvalue weighted by Gasteiger charge is 2.06. The molecule has 0 saturated heterocycles. The van der Waals surface area contributed by atoms with Gasteiger partial charge in [0.05, 0.1) is 22.2 Å². The minimum Gasteiger partial charge on any atom is -0.456 e. The zero-order valence-electron chi connectivity index (χ0n) is 8.31. The molecule has 0 radical (unpaired) electrons. The summed E-state index contributed by atoms with van der Waals surface area (Å²) in [5.74, 6) is 3.40. The number of benzene rings is 1. The van der Waals surface area contributed by atoms with Gasteiger partial charge in [-0.2, -0.15) is 0 Å². The second kappa shape index (κ2) is 5.74. The second-order valence-electron chi connectivity index (χ2n) is 2.71. The summed E-state index contributed by atoms with van der Waals surface area (Å²) in [4.78, 5) is 10.9. The zero-order chi connectivity index (χ0) is 12.1. The minimum absolute atomic E-state index is 0.0572. The molecule has 0 heterocycles. The van der Waals surface area contributed by atoms with Crippen LogP contribution in [-0.2, 0) is 9.53 Å². The standard InChI is InChI=1S/C11H7Cl2FO2/c1-2-16-11(15)4-3-8-9(12)5-7(14)6-10(8)13/h5-6H,2H2,1H3. The third-order valence-corrected chi connectivity index (χ3v) is 2.17. The third-order valence-electron chi connectivity index (χ3n) is 1.57. The Hall–Kier alpha value is -1.24. The lowest BCUT2D eigenvalue weighted by atomic mass is 10.2. The first kappa shape index (κ1) is 12.8. The molecule has 0 aliphatic rings. The highest BCUT2D eigenvalue weighted by Crippen LogP contribution is 2.24.